The van der Waals surface area contributed by atoms with E-state index in [1.54, 1.807) is 12.1 Å². The predicted molar refractivity (Wildman–Crippen MR) is 84.4 cm³/mol. The van der Waals surface area contributed by atoms with Crippen LogP contribution in [0.1, 0.15) is 29.7 Å². The molecule has 0 saturated carbocycles. The molecule has 0 fully saturated rings. The number of halogens is 1. The summed E-state index contributed by atoms with van der Waals surface area (Å²) in [5.41, 5.74) is 3.37. The summed E-state index contributed by atoms with van der Waals surface area (Å²) in [5.74, 6) is -0.676. The van der Waals surface area contributed by atoms with E-state index in [0.29, 0.717) is 0 Å². The first-order valence-corrected chi connectivity index (χ1v) is 7.21. The fraction of sp³-hybridized carbons (Fsp3) is 0.278. The highest BCUT2D eigenvalue weighted by Crippen LogP contribution is 2.19. The Balaban J connectivity index is 1.93. The molecule has 2 rings (SSSR count). The highest BCUT2D eigenvalue weighted by molar-refractivity contribution is 5.78. The summed E-state index contributed by atoms with van der Waals surface area (Å²) < 4.78 is 18.6. The minimum absolute atomic E-state index is 0.0804. The minimum Gasteiger partial charge on any atom is -0.481 e. The second kappa shape index (κ2) is 7.07. The van der Waals surface area contributed by atoms with E-state index in [1.165, 1.54) is 17.7 Å². The third-order valence-electron chi connectivity index (χ3n) is 3.46. The first-order valence-electron chi connectivity index (χ1n) is 7.21. The number of benzene rings is 2. The van der Waals surface area contributed by atoms with Gasteiger partial charge in [0.2, 0.25) is 0 Å². The maximum absolute atomic E-state index is 13.4. The number of amides is 1. The number of hydrogen-bond donors (Lipinski definition) is 1. The zero-order valence-electron chi connectivity index (χ0n) is 13.0. The van der Waals surface area contributed by atoms with Crippen LogP contribution in [0.25, 0.3) is 0 Å². The van der Waals surface area contributed by atoms with Crippen LogP contribution >= 0.6 is 0 Å². The van der Waals surface area contributed by atoms with Gasteiger partial charge in [0.25, 0.3) is 5.91 Å². The van der Waals surface area contributed by atoms with Crippen LogP contribution in [0.15, 0.2) is 42.5 Å². The molecule has 0 heterocycles. The molecular formula is C18H20FNO2. The summed E-state index contributed by atoms with van der Waals surface area (Å²) in [6.07, 6.45) is 0. The zero-order valence-corrected chi connectivity index (χ0v) is 13.0. The van der Waals surface area contributed by atoms with Crippen molar-refractivity contribution in [1.82, 2.24) is 5.32 Å². The highest BCUT2D eigenvalue weighted by Gasteiger charge is 2.13. The molecule has 0 aromatic heterocycles. The molecule has 0 spiro atoms. The van der Waals surface area contributed by atoms with E-state index >= 15 is 0 Å². The van der Waals surface area contributed by atoms with Gasteiger partial charge in [-0.2, -0.15) is 0 Å². The van der Waals surface area contributed by atoms with Crippen LogP contribution < -0.4 is 10.1 Å². The molecule has 0 aliphatic rings. The molecule has 0 aliphatic carbocycles. The van der Waals surface area contributed by atoms with Crippen molar-refractivity contribution in [3.8, 4) is 5.75 Å². The first kappa shape index (κ1) is 16.0. The monoisotopic (exact) mass is 301 g/mol. The van der Waals surface area contributed by atoms with Gasteiger partial charge < -0.3 is 10.1 Å². The van der Waals surface area contributed by atoms with E-state index < -0.39 is 5.82 Å². The predicted octanol–water partition coefficient (Wildman–Crippen LogP) is 3.70. The van der Waals surface area contributed by atoms with Gasteiger partial charge in [-0.15, -0.1) is 0 Å². The number of para-hydroxylation sites is 1. The van der Waals surface area contributed by atoms with E-state index in [1.807, 2.05) is 32.9 Å². The van der Waals surface area contributed by atoms with Gasteiger partial charge in [-0.3, -0.25) is 4.79 Å². The van der Waals surface area contributed by atoms with Crippen LogP contribution in [0, 0.1) is 19.7 Å². The molecule has 1 atom stereocenters. The minimum atomic E-state index is -0.474. The molecule has 4 heteroatoms. The SMILES string of the molecule is Cc1ccc([C@@H](C)NC(=O)COc2ccccc2F)c(C)c1. The van der Waals surface area contributed by atoms with Crippen molar-refractivity contribution in [2.75, 3.05) is 6.61 Å². The van der Waals surface area contributed by atoms with E-state index in [9.17, 15) is 9.18 Å². The van der Waals surface area contributed by atoms with Crippen molar-refractivity contribution in [1.29, 1.82) is 0 Å². The van der Waals surface area contributed by atoms with Crippen LogP contribution in [-0.2, 0) is 4.79 Å². The second-order valence-electron chi connectivity index (χ2n) is 5.37. The number of rotatable bonds is 5. The maximum Gasteiger partial charge on any atom is 0.258 e. The van der Waals surface area contributed by atoms with Crippen LogP contribution in [0.3, 0.4) is 0 Å². The average Bonchev–Trinajstić information content (AvgIpc) is 2.46. The van der Waals surface area contributed by atoms with Crippen molar-refractivity contribution in [3.63, 3.8) is 0 Å². The van der Waals surface area contributed by atoms with Gasteiger partial charge in [0.1, 0.15) is 0 Å². The molecule has 22 heavy (non-hydrogen) atoms. The Kier molecular flexibility index (Phi) is 5.15. The Morgan fingerprint density at radius 3 is 2.64 bits per heavy atom. The molecule has 2 aromatic rings. The van der Waals surface area contributed by atoms with Gasteiger partial charge in [0, 0.05) is 0 Å². The molecule has 0 unspecified atom stereocenters. The number of ether oxygens (including phenoxy) is 1. The average molecular weight is 301 g/mol. The molecule has 1 N–H and O–H groups in total. The largest absolute Gasteiger partial charge is 0.481 e. The highest BCUT2D eigenvalue weighted by atomic mass is 19.1. The third kappa shape index (κ3) is 4.07. The van der Waals surface area contributed by atoms with Gasteiger partial charge in [-0.25, -0.2) is 4.39 Å². The summed E-state index contributed by atoms with van der Waals surface area (Å²) in [6, 6.07) is 12.0. The number of carbonyl (C=O) groups excluding carboxylic acids is 1. The maximum atomic E-state index is 13.4. The van der Waals surface area contributed by atoms with E-state index in [2.05, 4.69) is 11.4 Å². The lowest BCUT2D eigenvalue weighted by atomic mass is 10.0. The van der Waals surface area contributed by atoms with Gasteiger partial charge in [-0.1, -0.05) is 35.9 Å². The van der Waals surface area contributed by atoms with Gasteiger partial charge in [0.15, 0.2) is 18.2 Å². The molecule has 1 amide bonds. The molecule has 2 aromatic carbocycles. The fourth-order valence-corrected chi connectivity index (χ4v) is 2.38. The molecule has 0 saturated heterocycles. The topological polar surface area (TPSA) is 38.3 Å². The number of nitrogens with one attached hydrogen (secondary N) is 1. The lowest BCUT2D eigenvalue weighted by Crippen LogP contribution is -2.31. The summed E-state index contributed by atoms with van der Waals surface area (Å²) in [4.78, 5) is 11.9. The lowest BCUT2D eigenvalue weighted by molar-refractivity contribution is -0.123. The van der Waals surface area contributed by atoms with Crippen LogP contribution in [0.4, 0.5) is 4.39 Å². The normalized spacial score (nSPS) is 11.8. The van der Waals surface area contributed by atoms with Crippen LogP contribution in [-0.4, -0.2) is 12.5 Å². The molecule has 0 aliphatic heterocycles. The van der Waals surface area contributed by atoms with Gasteiger partial charge >= 0.3 is 0 Å². The molecule has 0 radical (unpaired) electrons. The first-order chi connectivity index (χ1) is 10.5. The quantitative estimate of drug-likeness (QED) is 0.914. The second-order valence-corrected chi connectivity index (χ2v) is 5.37. The van der Waals surface area contributed by atoms with Crippen molar-refractivity contribution < 1.29 is 13.9 Å². The number of aryl methyl sites for hydroxylation is 2. The summed E-state index contributed by atoms with van der Waals surface area (Å²) >= 11 is 0. The van der Waals surface area contributed by atoms with E-state index in [4.69, 9.17) is 4.74 Å². The molecule has 0 bridgehead atoms. The molecular weight excluding hydrogens is 281 g/mol. The number of carbonyl (C=O) groups is 1. The van der Waals surface area contributed by atoms with Crippen molar-refractivity contribution in [3.05, 3.63) is 65.0 Å². The Labute approximate surface area is 130 Å². The summed E-state index contributed by atoms with van der Waals surface area (Å²) in [6.45, 7) is 5.75. The van der Waals surface area contributed by atoms with E-state index in [0.717, 1.165) is 11.1 Å². The Morgan fingerprint density at radius 1 is 1.23 bits per heavy atom. The molecule has 3 nitrogen and oxygen atoms in total. The van der Waals surface area contributed by atoms with Crippen molar-refractivity contribution in [2.45, 2.75) is 26.8 Å². The lowest BCUT2D eigenvalue weighted by Gasteiger charge is -2.17. The van der Waals surface area contributed by atoms with Crippen molar-refractivity contribution in [2.24, 2.45) is 0 Å². The number of hydrogen-bond acceptors (Lipinski definition) is 2. The standard InChI is InChI=1S/C18H20FNO2/c1-12-8-9-15(13(2)10-12)14(3)20-18(21)11-22-17-7-5-4-6-16(17)19/h4-10,14H,11H2,1-3H3,(H,20,21)/t14-/m1/s1. The van der Waals surface area contributed by atoms with Crippen LogP contribution in [0.5, 0.6) is 5.75 Å². The van der Waals surface area contributed by atoms with Gasteiger partial charge in [-0.05, 0) is 44.0 Å². The smallest absolute Gasteiger partial charge is 0.258 e. The summed E-state index contributed by atoms with van der Waals surface area (Å²) in [7, 11) is 0. The molecule has 116 valence electrons. The zero-order chi connectivity index (χ0) is 16.1. The Bertz CT molecular complexity index is 670. The Hall–Kier alpha value is -2.36. The van der Waals surface area contributed by atoms with Gasteiger partial charge in [0.05, 0.1) is 6.04 Å². The van der Waals surface area contributed by atoms with Crippen molar-refractivity contribution >= 4 is 5.91 Å². The Morgan fingerprint density at radius 2 is 1.95 bits per heavy atom. The summed E-state index contributed by atoms with van der Waals surface area (Å²) in [5, 5.41) is 2.86. The third-order valence-corrected chi connectivity index (χ3v) is 3.46. The van der Waals surface area contributed by atoms with E-state index in [-0.39, 0.29) is 24.3 Å². The fourth-order valence-electron chi connectivity index (χ4n) is 2.38. The van der Waals surface area contributed by atoms with Crippen LogP contribution in [0.2, 0.25) is 0 Å².